The van der Waals surface area contributed by atoms with E-state index in [-0.39, 0.29) is 12.2 Å². The first kappa shape index (κ1) is 18.7. The number of hydrogen-bond acceptors (Lipinski definition) is 5. The Balaban J connectivity index is 1.54. The number of carbonyl (C=O) groups is 2. The highest BCUT2D eigenvalue weighted by Crippen LogP contribution is 2.24. The minimum Gasteiger partial charge on any atom is -0.452 e. The number of carbonyl (C=O) groups excluding carboxylic acids is 2. The second-order valence-electron chi connectivity index (χ2n) is 5.83. The third-order valence-corrected chi connectivity index (χ3v) is 4.50. The molecule has 27 heavy (non-hydrogen) atoms. The molecule has 0 fully saturated rings. The SMILES string of the molecule is C[C@H](OC(=O)Cc1ccc(F)cc1)C(=O)Nc1nc(-c2ccccc2)cs1. The van der Waals surface area contributed by atoms with Crippen LogP contribution < -0.4 is 5.32 Å². The Hall–Kier alpha value is -3.06. The molecule has 0 saturated carbocycles. The molecule has 1 heterocycles. The molecule has 5 nitrogen and oxygen atoms in total. The minimum atomic E-state index is -0.970. The van der Waals surface area contributed by atoms with Crippen molar-refractivity contribution >= 4 is 28.3 Å². The van der Waals surface area contributed by atoms with Gasteiger partial charge in [-0.2, -0.15) is 0 Å². The second kappa shape index (κ2) is 8.55. The number of amides is 1. The smallest absolute Gasteiger partial charge is 0.311 e. The average molecular weight is 384 g/mol. The van der Waals surface area contributed by atoms with Crippen molar-refractivity contribution in [2.24, 2.45) is 0 Å². The molecule has 0 radical (unpaired) electrons. The Morgan fingerprint density at radius 1 is 1.15 bits per heavy atom. The fourth-order valence-corrected chi connectivity index (χ4v) is 3.06. The van der Waals surface area contributed by atoms with Gasteiger partial charge in [-0.15, -0.1) is 11.3 Å². The molecule has 0 aliphatic carbocycles. The molecule has 1 N–H and O–H groups in total. The number of ether oxygens (including phenoxy) is 1. The molecule has 0 unspecified atom stereocenters. The predicted molar refractivity (Wildman–Crippen MR) is 102 cm³/mol. The van der Waals surface area contributed by atoms with Gasteiger partial charge in [0.15, 0.2) is 11.2 Å². The van der Waals surface area contributed by atoms with Crippen molar-refractivity contribution in [3.63, 3.8) is 0 Å². The van der Waals surface area contributed by atoms with Crippen molar-refractivity contribution in [1.29, 1.82) is 0 Å². The summed E-state index contributed by atoms with van der Waals surface area (Å²) in [6.07, 6.45) is -1.00. The van der Waals surface area contributed by atoms with E-state index < -0.39 is 18.0 Å². The number of rotatable bonds is 6. The predicted octanol–water partition coefficient (Wildman–Crippen LogP) is 4.06. The van der Waals surface area contributed by atoms with Crippen molar-refractivity contribution < 1.29 is 18.7 Å². The van der Waals surface area contributed by atoms with Gasteiger partial charge in [0.05, 0.1) is 12.1 Å². The van der Waals surface area contributed by atoms with Gasteiger partial charge in [0.2, 0.25) is 0 Å². The number of nitrogens with one attached hydrogen (secondary N) is 1. The molecule has 0 saturated heterocycles. The Kier molecular flexibility index (Phi) is 5.93. The molecule has 138 valence electrons. The average Bonchev–Trinajstić information content (AvgIpc) is 3.12. The lowest BCUT2D eigenvalue weighted by atomic mass is 10.1. The van der Waals surface area contributed by atoms with Crippen LogP contribution in [0, 0.1) is 5.82 Å². The maximum atomic E-state index is 12.9. The zero-order valence-electron chi connectivity index (χ0n) is 14.5. The van der Waals surface area contributed by atoms with E-state index in [0.29, 0.717) is 10.7 Å². The molecular formula is C20H17FN2O3S. The van der Waals surface area contributed by atoms with E-state index >= 15 is 0 Å². The standard InChI is InChI=1S/C20H17FN2O3S/c1-13(26-18(24)11-14-7-9-16(21)10-8-14)19(25)23-20-22-17(12-27-20)15-5-3-2-4-6-15/h2-10,12-13H,11H2,1H3,(H,22,23,25)/t13-/m0/s1. The van der Waals surface area contributed by atoms with Crippen molar-refractivity contribution in [3.8, 4) is 11.3 Å². The Morgan fingerprint density at radius 2 is 1.85 bits per heavy atom. The quantitative estimate of drug-likeness (QED) is 0.651. The third-order valence-electron chi connectivity index (χ3n) is 3.74. The van der Waals surface area contributed by atoms with E-state index in [4.69, 9.17) is 4.74 Å². The summed E-state index contributed by atoms with van der Waals surface area (Å²) >= 11 is 1.29. The Labute approximate surface area is 159 Å². The second-order valence-corrected chi connectivity index (χ2v) is 6.69. The number of aromatic nitrogens is 1. The van der Waals surface area contributed by atoms with E-state index in [1.54, 1.807) is 0 Å². The van der Waals surface area contributed by atoms with Crippen LogP contribution >= 0.6 is 11.3 Å². The first-order valence-electron chi connectivity index (χ1n) is 8.27. The summed E-state index contributed by atoms with van der Waals surface area (Å²) in [5.41, 5.74) is 2.33. The van der Waals surface area contributed by atoms with Crippen LogP contribution in [0.15, 0.2) is 60.0 Å². The van der Waals surface area contributed by atoms with Gasteiger partial charge in [-0.1, -0.05) is 42.5 Å². The van der Waals surface area contributed by atoms with Crippen LogP contribution in [0.5, 0.6) is 0 Å². The molecule has 0 aliphatic heterocycles. The van der Waals surface area contributed by atoms with Gasteiger partial charge in [-0.3, -0.25) is 14.9 Å². The van der Waals surface area contributed by atoms with E-state index in [1.807, 2.05) is 35.7 Å². The molecule has 0 bridgehead atoms. The molecular weight excluding hydrogens is 367 g/mol. The van der Waals surface area contributed by atoms with Gasteiger partial charge in [0.25, 0.3) is 5.91 Å². The lowest BCUT2D eigenvalue weighted by molar-refractivity contribution is -0.152. The number of anilines is 1. The largest absolute Gasteiger partial charge is 0.452 e. The summed E-state index contributed by atoms with van der Waals surface area (Å²) in [7, 11) is 0. The van der Waals surface area contributed by atoms with E-state index in [9.17, 15) is 14.0 Å². The Bertz CT molecular complexity index is 926. The molecule has 1 amide bonds. The topological polar surface area (TPSA) is 68.3 Å². The van der Waals surface area contributed by atoms with E-state index in [2.05, 4.69) is 10.3 Å². The number of halogens is 1. The summed E-state index contributed by atoms with van der Waals surface area (Å²) in [5, 5.41) is 4.92. The molecule has 7 heteroatoms. The maximum absolute atomic E-state index is 12.9. The lowest BCUT2D eigenvalue weighted by Gasteiger charge is -2.12. The number of esters is 1. The highest BCUT2D eigenvalue weighted by Gasteiger charge is 2.19. The molecule has 0 spiro atoms. The Morgan fingerprint density at radius 3 is 2.56 bits per heavy atom. The molecule has 0 aliphatic rings. The van der Waals surface area contributed by atoms with Gasteiger partial charge in [0, 0.05) is 10.9 Å². The van der Waals surface area contributed by atoms with E-state index in [0.717, 1.165) is 11.3 Å². The van der Waals surface area contributed by atoms with Crippen LogP contribution in [0.1, 0.15) is 12.5 Å². The molecule has 3 aromatic rings. The first-order chi connectivity index (χ1) is 13.0. The molecule has 1 atom stereocenters. The van der Waals surface area contributed by atoms with Crippen molar-refractivity contribution in [3.05, 3.63) is 71.4 Å². The van der Waals surface area contributed by atoms with Crippen LogP contribution in [-0.2, 0) is 20.7 Å². The first-order valence-corrected chi connectivity index (χ1v) is 9.15. The number of nitrogens with zero attached hydrogens (tertiary/aromatic N) is 1. The van der Waals surface area contributed by atoms with Crippen LogP contribution in [-0.4, -0.2) is 23.0 Å². The highest BCUT2D eigenvalue weighted by molar-refractivity contribution is 7.14. The van der Waals surface area contributed by atoms with Gasteiger partial charge >= 0.3 is 5.97 Å². The van der Waals surface area contributed by atoms with Crippen molar-refractivity contribution in [1.82, 2.24) is 4.98 Å². The van der Waals surface area contributed by atoms with Crippen molar-refractivity contribution in [2.75, 3.05) is 5.32 Å². The number of benzene rings is 2. The zero-order chi connectivity index (χ0) is 19.2. The third kappa shape index (κ3) is 5.21. The van der Waals surface area contributed by atoms with Gasteiger partial charge in [0.1, 0.15) is 5.82 Å². The summed E-state index contributed by atoms with van der Waals surface area (Å²) in [6.45, 7) is 1.49. The lowest BCUT2D eigenvalue weighted by Crippen LogP contribution is -2.30. The number of hydrogen-bond donors (Lipinski definition) is 1. The van der Waals surface area contributed by atoms with Crippen LogP contribution in [0.3, 0.4) is 0 Å². The monoisotopic (exact) mass is 384 g/mol. The van der Waals surface area contributed by atoms with Gasteiger partial charge in [-0.25, -0.2) is 9.37 Å². The van der Waals surface area contributed by atoms with Gasteiger partial charge in [-0.05, 0) is 24.6 Å². The highest BCUT2D eigenvalue weighted by atomic mass is 32.1. The minimum absolute atomic E-state index is 0.0344. The molecule has 2 aromatic carbocycles. The fraction of sp³-hybridized carbons (Fsp3) is 0.150. The summed E-state index contributed by atoms with van der Waals surface area (Å²) in [5.74, 6) is -1.40. The van der Waals surface area contributed by atoms with Crippen molar-refractivity contribution in [2.45, 2.75) is 19.4 Å². The molecule has 1 aromatic heterocycles. The summed E-state index contributed by atoms with van der Waals surface area (Å²) < 4.78 is 18.0. The van der Waals surface area contributed by atoms with Gasteiger partial charge < -0.3 is 4.74 Å². The fourth-order valence-electron chi connectivity index (χ4n) is 2.34. The maximum Gasteiger partial charge on any atom is 0.311 e. The van der Waals surface area contributed by atoms with E-state index in [1.165, 1.54) is 42.5 Å². The number of thiazole rings is 1. The summed E-state index contributed by atoms with van der Waals surface area (Å²) in [6, 6.07) is 15.1. The zero-order valence-corrected chi connectivity index (χ0v) is 15.3. The van der Waals surface area contributed by atoms with Crippen LogP contribution in [0.25, 0.3) is 11.3 Å². The summed E-state index contributed by atoms with van der Waals surface area (Å²) in [4.78, 5) is 28.5. The normalized spacial score (nSPS) is 11.6. The molecule has 3 rings (SSSR count). The van der Waals surface area contributed by atoms with Crippen LogP contribution in [0.4, 0.5) is 9.52 Å². The van der Waals surface area contributed by atoms with Crippen LogP contribution in [0.2, 0.25) is 0 Å².